The molecule has 10 aromatic carbocycles. The lowest BCUT2D eigenvalue weighted by molar-refractivity contribution is 0.590. The molecule has 0 saturated carbocycles. The highest BCUT2D eigenvalue weighted by Crippen LogP contribution is 2.52. The molecule has 0 amide bonds. The first-order valence-corrected chi connectivity index (χ1v) is 26.9. The third kappa shape index (κ3) is 7.12. The predicted molar refractivity (Wildman–Crippen MR) is 323 cm³/mol. The molecule has 5 heteroatoms. The van der Waals surface area contributed by atoms with Crippen molar-refractivity contribution in [2.75, 3.05) is 14.7 Å². The van der Waals surface area contributed by atoms with E-state index in [0.717, 1.165) is 61.8 Å². The molecule has 2 aliphatic heterocycles. The highest BCUT2D eigenvalue weighted by atomic mass is 16.3. The standard InChI is InChI=1S/C71H60BN3O/c1-69(2,3)47-26-30-49(31-27-47)73(50-32-28-48(29-33-50)70(4,5)6)52-36-39-60-65(43-52)75(53-35-38-57-56-20-13-15-24-66(56)76-67(57)44-53)64-23-16-22-63-68(64)72(60)61-41-46(45-17-10-9-11-18-45)25-40-62(61)74(63)51-34-37-55-54-19-12-14-21-58(54)71(7,8)59(55)42-51/h9-44H,1-8H3. The number of rotatable bonds is 6. The molecule has 1 aromatic heterocycles. The van der Waals surface area contributed by atoms with E-state index in [0.29, 0.717) is 0 Å². The normalized spacial score (nSPS) is 14.1. The molecule has 1 aliphatic carbocycles. The number of anilines is 9. The molecule has 0 bridgehead atoms. The van der Waals surface area contributed by atoms with Crippen LogP contribution < -0.4 is 31.1 Å². The van der Waals surface area contributed by atoms with Crippen LogP contribution in [0.4, 0.5) is 51.2 Å². The van der Waals surface area contributed by atoms with Crippen molar-refractivity contribution in [3.8, 4) is 22.3 Å². The summed E-state index contributed by atoms with van der Waals surface area (Å²) in [6.07, 6.45) is 0. The van der Waals surface area contributed by atoms with Crippen LogP contribution in [0, 0.1) is 0 Å². The van der Waals surface area contributed by atoms with Gasteiger partial charge in [0.15, 0.2) is 0 Å². The van der Waals surface area contributed by atoms with Gasteiger partial charge >= 0.3 is 0 Å². The Morgan fingerprint density at radius 1 is 0.408 bits per heavy atom. The van der Waals surface area contributed by atoms with Crippen molar-refractivity contribution in [3.05, 3.63) is 241 Å². The number of hydrogen-bond donors (Lipinski definition) is 0. The molecule has 3 aliphatic rings. The molecule has 11 aromatic rings. The third-order valence-corrected chi connectivity index (χ3v) is 16.8. The Kier molecular flexibility index (Phi) is 10.1. The van der Waals surface area contributed by atoms with Crippen molar-refractivity contribution >= 4 is 96.2 Å². The fourth-order valence-electron chi connectivity index (χ4n) is 12.8. The van der Waals surface area contributed by atoms with E-state index in [9.17, 15) is 0 Å². The predicted octanol–water partition coefficient (Wildman–Crippen LogP) is 17.7. The molecule has 0 radical (unpaired) electrons. The van der Waals surface area contributed by atoms with Crippen LogP contribution in [-0.2, 0) is 16.2 Å². The Morgan fingerprint density at radius 2 is 1.00 bits per heavy atom. The number of para-hydroxylation sites is 1. The molecule has 76 heavy (non-hydrogen) atoms. The Morgan fingerprint density at radius 3 is 1.71 bits per heavy atom. The van der Waals surface area contributed by atoms with E-state index >= 15 is 0 Å². The van der Waals surface area contributed by atoms with Crippen molar-refractivity contribution in [2.45, 2.75) is 71.6 Å². The van der Waals surface area contributed by atoms with Crippen LogP contribution in [0.2, 0.25) is 0 Å². The monoisotopic (exact) mass is 981 g/mol. The van der Waals surface area contributed by atoms with E-state index in [4.69, 9.17) is 4.42 Å². The highest BCUT2D eigenvalue weighted by Gasteiger charge is 2.44. The minimum atomic E-state index is -0.156. The summed E-state index contributed by atoms with van der Waals surface area (Å²) in [5.74, 6) is 0. The molecule has 3 heterocycles. The molecule has 4 nitrogen and oxygen atoms in total. The van der Waals surface area contributed by atoms with Gasteiger partial charge in [0.25, 0.3) is 6.71 Å². The SMILES string of the molecule is CC(C)(C)c1ccc(N(c2ccc(C(C)(C)C)cc2)c2ccc3c(c2)N(c2ccc4c(c2)oc2ccccc24)c2cccc4c2B3c2cc(-c3ccccc3)ccc2N4c2ccc3c(c2)C(C)(C)c2ccccc2-3)cc1. The van der Waals surface area contributed by atoms with Gasteiger partial charge in [0, 0.05) is 73.4 Å². The zero-order chi connectivity index (χ0) is 51.8. The summed E-state index contributed by atoms with van der Waals surface area (Å²) in [6, 6.07) is 81.8. The van der Waals surface area contributed by atoms with Crippen molar-refractivity contribution in [1.29, 1.82) is 0 Å². The fraction of sp³-hybridized carbons (Fsp3) is 0.155. The molecular formula is C71H60BN3O. The lowest BCUT2D eigenvalue weighted by atomic mass is 9.33. The van der Waals surface area contributed by atoms with Gasteiger partial charge in [0.05, 0.1) is 0 Å². The van der Waals surface area contributed by atoms with Crippen molar-refractivity contribution in [1.82, 2.24) is 0 Å². The Hall–Kier alpha value is -8.54. The largest absolute Gasteiger partial charge is 0.456 e. The quantitative estimate of drug-likeness (QED) is 0.155. The van der Waals surface area contributed by atoms with Gasteiger partial charge < -0.3 is 19.1 Å². The van der Waals surface area contributed by atoms with Gasteiger partial charge in [-0.15, -0.1) is 0 Å². The topological polar surface area (TPSA) is 22.9 Å². The smallest absolute Gasteiger partial charge is 0.252 e. The van der Waals surface area contributed by atoms with Gasteiger partial charge in [-0.25, -0.2) is 0 Å². The second-order valence-corrected chi connectivity index (χ2v) is 23.8. The fourth-order valence-corrected chi connectivity index (χ4v) is 12.8. The number of fused-ring (bicyclic) bond motifs is 10. The maximum absolute atomic E-state index is 6.69. The van der Waals surface area contributed by atoms with Gasteiger partial charge in [0.2, 0.25) is 0 Å². The first kappa shape index (κ1) is 46.0. The van der Waals surface area contributed by atoms with Crippen LogP contribution in [0.1, 0.15) is 77.6 Å². The number of nitrogens with zero attached hydrogens (tertiary/aromatic N) is 3. The van der Waals surface area contributed by atoms with Crippen LogP contribution in [-0.4, -0.2) is 6.71 Å². The Bertz CT molecular complexity index is 4060. The minimum absolute atomic E-state index is 0.0203. The zero-order valence-corrected chi connectivity index (χ0v) is 44.6. The number of benzene rings is 10. The lowest BCUT2D eigenvalue weighted by Gasteiger charge is -2.44. The van der Waals surface area contributed by atoms with Crippen LogP contribution in [0.5, 0.6) is 0 Å². The first-order valence-electron chi connectivity index (χ1n) is 26.9. The third-order valence-electron chi connectivity index (χ3n) is 16.8. The van der Waals surface area contributed by atoms with E-state index in [2.05, 4.69) is 288 Å². The van der Waals surface area contributed by atoms with Crippen molar-refractivity contribution < 1.29 is 4.42 Å². The molecule has 0 atom stereocenters. The molecule has 368 valence electrons. The summed E-state index contributed by atoms with van der Waals surface area (Å²) in [5, 5.41) is 2.23. The molecule has 0 spiro atoms. The molecular weight excluding hydrogens is 922 g/mol. The van der Waals surface area contributed by atoms with Crippen molar-refractivity contribution in [2.24, 2.45) is 0 Å². The van der Waals surface area contributed by atoms with E-state index in [1.165, 1.54) is 72.3 Å². The average molecular weight is 982 g/mol. The maximum Gasteiger partial charge on any atom is 0.252 e. The van der Waals surface area contributed by atoms with Crippen LogP contribution in [0.3, 0.4) is 0 Å². The second-order valence-electron chi connectivity index (χ2n) is 23.8. The van der Waals surface area contributed by atoms with Gasteiger partial charge in [-0.05, 0) is 157 Å². The van der Waals surface area contributed by atoms with Gasteiger partial charge in [-0.3, -0.25) is 0 Å². The summed E-state index contributed by atoms with van der Waals surface area (Å²) in [7, 11) is 0. The first-order chi connectivity index (χ1) is 36.7. The van der Waals surface area contributed by atoms with E-state index in [1.54, 1.807) is 0 Å². The molecule has 0 saturated heterocycles. The summed E-state index contributed by atoms with van der Waals surface area (Å²) in [4.78, 5) is 7.49. The minimum Gasteiger partial charge on any atom is -0.456 e. The number of hydrogen-bond acceptors (Lipinski definition) is 4. The van der Waals surface area contributed by atoms with Crippen LogP contribution >= 0.6 is 0 Å². The molecule has 0 N–H and O–H groups in total. The molecule has 14 rings (SSSR count). The van der Waals surface area contributed by atoms with Gasteiger partial charge in [-0.1, -0.05) is 183 Å². The lowest BCUT2D eigenvalue weighted by Crippen LogP contribution is -2.61. The summed E-state index contributed by atoms with van der Waals surface area (Å²) in [5.41, 5.74) is 26.0. The van der Waals surface area contributed by atoms with E-state index < -0.39 is 0 Å². The van der Waals surface area contributed by atoms with E-state index in [1.807, 2.05) is 0 Å². The van der Waals surface area contributed by atoms with Gasteiger partial charge in [-0.2, -0.15) is 0 Å². The molecule has 0 unspecified atom stereocenters. The Labute approximate surface area is 447 Å². The average Bonchev–Trinajstić information content (AvgIpc) is 3.97. The summed E-state index contributed by atoms with van der Waals surface area (Å²) in [6.45, 7) is 18.4. The van der Waals surface area contributed by atoms with Gasteiger partial charge in [0.1, 0.15) is 11.2 Å². The summed E-state index contributed by atoms with van der Waals surface area (Å²) < 4.78 is 6.69. The maximum atomic E-state index is 6.69. The summed E-state index contributed by atoms with van der Waals surface area (Å²) >= 11 is 0. The number of furan rings is 1. The zero-order valence-electron chi connectivity index (χ0n) is 44.6. The molecule has 0 fully saturated rings. The van der Waals surface area contributed by atoms with Crippen LogP contribution in [0.25, 0.3) is 44.2 Å². The van der Waals surface area contributed by atoms with Crippen LogP contribution in [0.15, 0.2) is 223 Å². The second kappa shape index (κ2) is 16.7. The van der Waals surface area contributed by atoms with E-state index in [-0.39, 0.29) is 23.0 Å². The Balaban J connectivity index is 1.02. The van der Waals surface area contributed by atoms with Crippen molar-refractivity contribution in [3.63, 3.8) is 0 Å². The highest BCUT2D eigenvalue weighted by molar-refractivity contribution is 7.00.